The maximum absolute atomic E-state index is 12.3. The summed E-state index contributed by atoms with van der Waals surface area (Å²) in [5.41, 5.74) is 0.718. The molecule has 0 bridgehead atoms. The number of hydrogen-bond acceptors (Lipinski definition) is 0. The van der Waals surface area contributed by atoms with Gasteiger partial charge in [0.2, 0.25) is 0 Å². The molecule has 0 aliphatic heterocycles. The summed E-state index contributed by atoms with van der Waals surface area (Å²) in [5.74, 6) is 0. The average molecular weight is 190 g/mol. The molecule has 74 valence electrons. The van der Waals surface area contributed by atoms with Crippen LogP contribution in [-0.4, -0.2) is 6.18 Å². The normalized spacial score (nSPS) is 19.1. The van der Waals surface area contributed by atoms with Gasteiger partial charge in [-0.25, -0.2) is 0 Å². The van der Waals surface area contributed by atoms with Crippen LogP contribution in [0.2, 0.25) is 0 Å². The lowest BCUT2D eigenvalue weighted by molar-refractivity contribution is -0.0940. The minimum atomic E-state index is -4.14. The lowest BCUT2D eigenvalue weighted by Crippen LogP contribution is -2.11. The van der Waals surface area contributed by atoms with Gasteiger partial charge in [-0.05, 0) is 25.7 Å². The predicted octanol–water partition coefficient (Wildman–Crippen LogP) is 4.00. The van der Waals surface area contributed by atoms with Gasteiger partial charge in [0.1, 0.15) is 0 Å². The summed E-state index contributed by atoms with van der Waals surface area (Å²) in [6.07, 6.45) is 1.13. The van der Waals surface area contributed by atoms with E-state index < -0.39 is 11.7 Å². The third-order valence-corrected chi connectivity index (χ3v) is 2.28. The van der Waals surface area contributed by atoms with Gasteiger partial charge >= 0.3 is 6.18 Å². The van der Waals surface area contributed by atoms with E-state index >= 15 is 0 Å². The van der Waals surface area contributed by atoms with Gasteiger partial charge in [-0.1, -0.05) is 24.6 Å². The summed E-state index contributed by atoms with van der Waals surface area (Å²) in [6.45, 7) is 1.97. The first-order chi connectivity index (χ1) is 6.04. The second kappa shape index (κ2) is 3.99. The summed E-state index contributed by atoms with van der Waals surface area (Å²) >= 11 is 0. The molecule has 0 N–H and O–H groups in total. The van der Waals surface area contributed by atoms with Crippen LogP contribution >= 0.6 is 0 Å². The standard InChI is InChI=1S/C10H13F3/c1-2-8-4-3-5-9(7-6-8)10(11,12)13/h6-7H,2-5H2,1H3. The Balaban J connectivity index is 2.78. The van der Waals surface area contributed by atoms with Gasteiger partial charge in [-0.2, -0.15) is 13.2 Å². The van der Waals surface area contributed by atoms with Gasteiger partial charge in [-0.15, -0.1) is 0 Å². The van der Waals surface area contributed by atoms with Crippen molar-refractivity contribution in [2.24, 2.45) is 0 Å². The van der Waals surface area contributed by atoms with Crippen LogP contribution in [0.4, 0.5) is 13.2 Å². The Morgan fingerprint density at radius 3 is 2.46 bits per heavy atom. The molecule has 0 aromatic rings. The highest BCUT2D eigenvalue weighted by Gasteiger charge is 2.32. The first kappa shape index (κ1) is 10.4. The molecular weight excluding hydrogens is 177 g/mol. The molecule has 1 rings (SSSR count). The summed E-state index contributed by atoms with van der Waals surface area (Å²) in [4.78, 5) is 0. The molecular formula is C10H13F3. The topological polar surface area (TPSA) is 0 Å². The molecule has 0 atom stereocenters. The fourth-order valence-electron chi connectivity index (χ4n) is 1.42. The average Bonchev–Trinajstić information content (AvgIpc) is 2.26. The van der Waals surface area contributed by atoms with Crippen molar-refractivity contribution in [1.29, 1.82) is 0 Å². The molecule has 0 heterocycles. The number of hydrogen-bond donors (Lipinski definition) is 0. The molecule has 0 nitrogen and oxygen atoms in total. The molecule has 0 fully saturated rings. The Morgan fingerprint density at radius 1 is 1.23 bits per heavy atom. The molecule has 0 radical (unpaired) electrons. The van der Waals surface area contributed by atoms with Gasteiger partial charge in [0, 0.05) is 5.57 Å². The van der Waals surface area contributed by atoms with Crippen LogP contribution in [0.3, 0.4) is 0 Å². The second-order valence-corrected chi connectivity index (χ2v) is 3.22. The Kier molecular flexibility index (Phi) is 3.17. The molecule has 1 aliphatic rings. The summed E-state index contributed by atoms with van der Waals surface area (Å²) in [5, 5.41) is 0. The third kappa shape index (κ3) is 2.90. The minimum absolute atomic E-state index is 0.156. The van der Waals surface area contributed by atoms with E-state index in [2.05, 4.69) is 0 Å². The van der Waals surface area contributed by atoms with Gasteiger partial charge in [0.05, 0.1) is 0 Å². The van der Waals surface area contributed by atoms with Crippen molar-refractivity contribution < 1.29 is 13.2 Å². The lowest BCUT2D eigenvalue weighted by Gasteiger charge is -2.08. The van der Waals surface area contributed by atoms with Gasteiger partial charge in [-0.3, -0.25) is 0 Å². The molecule has 0 aromatic carbocycles. The van der Waals surface area contributed by atoms with Crippen LogP contribution in [0, 0.1) is 0 Å². The number of allylic oxidation sites excluding steroid dienone is 4. The first-order valence-corrected chi connectivity index (χ1v) is 4.50. The van der Waals surface area contributed by atoms with Crippen molar-refractivity contribution in [2.75, 3.05) is 0 Å². The van der Waals surface area contributed by atoms with E-state index in [9.17, 15) is 13.2 Å². The molecule has 3 heteroatoms. The first-order valence-electron chi connectivity index (χ1n) is 4.50. The number of alkyl halides is 3. The zero-order valence-electron chi connectivity index (χ0n) is 7.62. The quantitative estimate of drug-likeness (QED) is 0.586. The van der Waals surface area contributed by atoms with Crippen LogP contribution < -0.4 is 0 Å². The van der Waals surface area contributed by atoms with Gasteiger partial charge < -0.3 is 0 Å². The minimum Gasteiger partial charge on any atom is -0.166 e. The van der Waals surface area contributed by atoms with E-state index in [1.54, 1.807) is 6.08 Å². The van der Waals surface area contributed by atoms with Gasteiger partial charge in [0.25, 0.3) is 0 Å². The highest BCUT2D eigenvalue weighted by Crippen LogP contribution is 2.32. The number of halogens is 3. The zero-order chi connectivity index (χ0) is 9.90. The predicted molar refractivity (Wildman–Crippen MR) is 46.4 cm³/mol. The number of rotatable bonds is 1. The summed E-state index contributed by atoms with van der Waals surface area (Å²) in [7, 11) is 0. The van der Waals surface area contributed by atoms with Crippen molar-refractivity contribution in [3.63, 3.8) is 0 Å². The van der Waals surface area contributed by atoms with Crippen molar-refractivity contribution in [3.05, 3.63) is 23.3 Å². The fraction of sp³-hybridized carbons (Fsp3) is 0.600. The molecule has 0 saturated carbocycles. The monoisotopic (exact) mass is 190 g/mol. The SMILES string of the molecule is CCC1=CC=C(C(F)(F)F)CCC1. The van der Waals surface area contributed by atoms with Crippen LogP contribution in [0.5, 0.6) is 0 Å². The zero-order valence-corrected chi connectivity index (χ0v) is 7.62. The Labute approximate surface area is 76.1 Å². The molecule has 13 heavy (non-hydrogen) atoms. The second-order valence-electron chi connectivity index (χ2n) is 3.22. The molecule has 0 unspecified atom stereocenters. The van der Waals surface area contributed by atoms with Crippen LogP contribution in [-0.2, 0) is 0 Å². The molecule has 0 spiro atoms. The summed E-state index contributed by atoms with van der Waals surface area (Å²) in [6, 6.07) is 0. The van der Waals surface area contributed by atoms with Crippen molar-refractivity contribution in [2.45, 2.75) is 38.8 Å². The molecule has 0 saturated heterocycles. The molecule has 1 aliphatic carbocycles. The maximum atomic E-state index is 12.3. The largest absolute Gasteiger partial charge is 0.412 e. The third-order valence-electron chi connectivity index (χ3n) is 2.28. The van der Waals surface area contributed by atoms with Crippen molar-refractivity contribution >= 4 is 0 Å². The summed E-state index contributed by atoms with van der Waals surface area (Å²) < 4.78 is 36.8. The molecule has 0 aromatic heterocycles. The highest BCUT2D eigenvalue weighted by molar-refractivity contribution is 5.23. The van der Waals surface area contributed by atoms with E-state index in [0.717, 1.165) is 18.4 Å². The lowest BCUT2D eigenvalue weighted by atomic mass is 10.1. The van der Waals surface area contributed by atoms with Gasteiger partial charge in [0.15, 0.2) is 0 Å². The fourth-order valence-corrected chi connectivity index (χ4v) is 1.42. The Morgan fingerprint density at radius 2 is 1.92 bits per heavy atom. The maximum Gasteiger partial charge on any atom is 0.412 e. The van der Waals surface area contributed by atoms with E-state index in [1.165, 1.54) is 6.08 Å². The van der Waals surface area contributed by atoms with E-state index in [4.69, 9.17) is 0 Å². The Bertz CT molecular complexity index is 233. The van der Waals surface area contributed by atoms with Crippen LogP contribution in [0.15, 0.2) is 23.3 Å². The Hall–Kier alpha value is -0.730. The molecule has 0 amide bonds. The highest BCUT2D eigenvalue weighted by atomic mass is 19.4. The van der Waals surface area contributed by atoms with Crippen LogP contribution in [0.1, 0.15) is 32.6 Å². The smallest absolute Gasteiger partial charge is 0.166 e. The van der Waals surface area contributed by atoms with Crippen molar-refractivity contribution in [3.8, 4) is 0 Å². The van der Waals surface area contributed by atoms with E-state index in [-0.39, 0.29) is 6.42 Å². The van der Waals surface area contributed by atoms with Crippen molar-refractivity contribution in [1.82, 2.24) is 0 Å². The van der Waals surface area contributed by atoms with Crippen LogP contribution in [0.25, 0.3) is 0 Å². The van der Waals surface area contributed by atoms with E-state index in [1.807, 2.05) is 6.92 Å². The van der Waals surface area contributed by atoms with E-state index in [0.29, 0.717) is 6.42 Å².